The predicted octanol–water partition coefficient (Wildman–Crippen LogP) is 5.08. The van der Waals surface area contributed by atoms with Gasteiger partial charge in [0.05, 0.1) is 10.9 Å². The Kier molecular flexibility index (Phi) is 6.46. The molecule has 0 aliphatic carbocycles. The predicted molar refractivity (Wildman–Crippen MR) is 115 cm³/mol. The van der Waals surface area contributed by atoms with Crippen LogP contribution in [0.25, 0.3) is 5.69 Å². The van der Waals surface area contributed by atoms with Crippen LogP contribution < -0.4 is 5.32 Å². The zero-order chi connectivity index (χ0) is 19.4. The Morgan fingerprint density at radius 1 is 1.22 bits per heavy atom. The van der Waals surface area contributed by atoms with Gasteiger partial charge in [0.2, 0.25) is 5.91 Å². The summed E-state index contributed by atoms with van der Waals surface area (Å²) in [4.78, 5) is 12.4. The number of nitrogens with zero attached hydrogens (tertiary/aromatic N) is 2. The third-order valence-corrected chi connectivity index (χ3v) is 6.52. The number of carbonyl (C=O) groups excluding carboxylic acids is 1. The zero-order valence-electron chi connectivity index (χ0n) is 15.4. The lowest BCUT2D eigenvalue weighted by molar-refractivity contribution is -0.120. The fraction of sp³-hybridized carbons (Fsp3) is 0.250. The Labute approximate surface area is 172 Å². The third-order valence-electron chi connectivity index (χ3n) is 4.11. The van der Waals surface area contributed by atoms with E-state index in [1.165, 1.54) is 28.7 Å². The van der Waals surface area contributed by atoms with Gasteiger partial charge in [-0.05, 0) is 50.2 Å². The molecule has 0 unspecified atom stereocenters. The summed E-state index contributed by atoms with van der Waals surface area (Å²) in [5.41, 5.74) is 4.38. The van der Waals surface area contributed by atoms with Crippen molar-refractivity contribution in [3.8, 4) is 5.69 Å². The molecule has 0 radical (unpaired) electrons. The first-order valence-corrected chi connectivity index (χ1v) is 10.7. The molecule has 1 amide bonds. The summed E-state index contributed by atoms with van der Waals surface area (Å²) in [5, 5.41) is 7.34. The van der Waals surface area contributed by atoms with Crippen LogP contribution in [0.1, 0.15) is 23.6 Å². The SMILES string of the molecule is Cc1ccc(CNC(=O)[C@@H](C)Sc2nn(-c3ccccc3C)c(=S)s2)cc1. The van der Waals surface area contributed by atoms with E-state index in [1.807, 2.05) is 69.3 Å². The van der Waals surface area contributed by atoms with Gasteiger partial charge in [-0.15, -0.1) is 5.10 Å². The Bertz CT molecular complexity index is 992. The van der Waals surface area contributed by atoms with Crippen LogP contribution in [-0.4, -0.2) is 20.9 Å². The number of aryl methyl sites for hydroxylation is 2. The molecule has 2 aromatic carbocycles. The van der Waals surface area contributed by atoms with Gasteiger partial charge in [-0.2, -0.15) is 0 Å². The number of thioether (sulfide) groups is 1. The fourth-order valence-electron chi connectivity index (χ4n) is 2.51. The van der Waals surface area contributed by atoms with Crippen LogP contribution in [0.2, 0.25) is 0 Å². The lowest BCUT2D eigenvalue weighted by Gasteiger charge is -2.10. The van der Waals surface area contributed by atoms with Gasteiger partial charge in [0.25, 0.3) is 0 Å². The Morgan fingerprint density at radius 3 is 2.63 bits per heavy atom. The highest BCUT2D eigenvalue weighted by Crippen LogP contribution is 2.28. The van der Waals surface area contributed by atoms with Crippen LogP contribution in [0.15, 0.2) is 52.9 Å². The van der Waals surface area contributed by atoms with Gasteiger partial charge in [0, 0.05) is 6.54 Å². The molecule has 0 aliphatic rings. The van der Waals surface area contributed by atoms with Gasteiger partial charge in [-0.3, -0.25) is 4.79 Å². The lowest BCUT2D eigenvalue weighted by Crippen LogP contribution is -2.30. The van der Waals surface area contributed by atoms with Crippen LogP contribution in [0, 0.1) is 17.8 Å². The lowest BCUT2D eigenvalue weighted by atomic mass is 10.1. The van der Waals surface area contributed by atoms with Crippen LogP contribution in [0.3, 0.4) is 0 Å². The Hall–Kier alpha value is -1.96. The first-order valence-electron chi connectivity index (χ1n) is 8.60. The van der Waals surface area contributed by atoms with E-state index in [4.69, 9.17) is 12.2 Å². The Morgan fingerprint density at radius 2 is 1.93 bits per heavy atom. The molecule has 0 bridgehead atoms. The summed E-state index contributed by atoms with van der Waals surface area (Å²) >= 11 is 8.33. The topological polar surface area (TPSA) is 46.9 Å². The second-order valence-electron chi connectivity index (χ2n) is 6.30. The van der Waals surface area contributed by atoms with E-state index in [9.17, 15) is 4.79 Å². The minimum atomic E-state index is -0.249. The number of hydrogen-bond donors (Lipinski definition) is 1. The van der Waals surface area contributed by atoms with E-state index in [1.54, 1.807) is 4.68 Å². The molecule has 0 spiro atoms. The zero-order valence-corrected chi connectivity index (χ0v) is 17.9. The summed E-state index contributed by atoms with van der Waals surface area (Å²) in [6.07, 6.45) is 0. The molecular formula is C20H21N3OS3. The van der Waals surface area contributed by atoms with E-state index in [0.29, 0.717) is 10.5 Å². The average molecular weight is 416 g/mol. The molecular weight excluding hydrogens is 394 g/mol. The molecule has 0 saturated heterocycles. The molecule has 1 aromatic heterocycles. The maximum absolute atomic E-state index is 12.4. The molecule has 140 valence electrons. The van der Waals surface area contributed by atoms with Gasteiger partial charge < -0.3 is 5.32 Å². The largest absolute Gasteiger partial charge is 0.351 e. The maximum atomic E-state index is 12.4. The molecule has 3 aromatic rings. The van der Waals surface area contributed by atoms with E-state index >= 15 is 0 Å². The Balaban J connectivity index is 1.64. The van der Waals surface area contributed by atoms with Crippen LogP contribution >= 0.6 is 35.3 Å². The number of rotatable bonds is 6. The van der Waals surface area contributed by atoms with Crippen molar-refractivity contribution in [3.63, 3.8) is 0 Å². The van der Waals surface area contributed by atoms with Crippen molar-refractivity contribution in [3.05, 3.63) is 69.2 Å². The highest BCUT2D eigenvalue weighted by atomic mass is 32.2. The molecule has 0 saturated carbocycles. The summed E-state index contributed by atoms with van der Waals surface area (Å²) in [6, 6.07) is 16.1. The van der Waals surface area contributed by atoms with Crippen molar-refractivity contribution < 1.29 is 4.79 Å². The van der Waals surface area contributed by atoms with Crippen molar-refractivity contribution >= 4 is 41.2 Å². The van der Waals surface area contributed by atoms with Gasteiger partial charge in [0.15, 0.2) is 8.29 Å². The molecule has 27 heavy (non-hydrogen) atoms. The van der Waals surface area contributed by atoms with E-state index in [-0.39, 0.29) is 11.2 Å². The fourth-order valence-corrected chi connectivity index (χ4v) is 5.02. The maximum Gasteiger partial charge on any atom is 0.233 e. The molecule has 0 fully saturated rings. The number of amides is 1. The molecule has 7 heteroatoms. The number of para-hydroxylation sites is 1. The summed E-state index contributed by atoms with van der Waals surface area (Å²) < 4.78 is 3.24. The van der Waals surface area contributed by atoms with E-state index in [2.05, 4.69) is 10.4 Å². The van der Waals surface area contributed by atoms with Gasteiger partial charge in [-0.1, -0.05) is 71.1 Å². The monoisotopic (exact) mass is 415 g/mol. The van der Waals surface area contributed by atoms with E-state index < -0.39 is 0 Å². The summed E-state index contributed by atoms with van der Waals surface area (Å²) in [7, 11) is 0. The van der Waals surface area contributed by atoms with Crippen molar-refractivity contribution in [2.45, 2.75) is 36.9 Å². The minimum Gasteiger partial charge on any atom is -0.351 e. The molecule has 1 heterocycles. The third kappa shape index (κ3) is 5.06. The van der Waals surface area contributed by atoms with Crippen molar-refractivity contribution in [1.29, 1.82) is 0 Å². The second-order valence-corrected chi connectivity index (χ2v) is 9.51. The van der Waals surface area contributed by atoms with Crippen molar-refractivity contribution in [2.24, 2.45) is 0 Å². The number of nitrogens with one attached hydrogen (secondary N) is 1. The molecule has 3 rings (SSSR count). The second kappa shape index (κ2) is 8.82. The van der Waals surface area contributed by atoms with Crippen LogP contribution in [0.5, 0.6) is 0 Å². The number of aromatic nitrogens is 2. The molecule has 1 N–H and O–H groups in total. The van der Waals surface area contributed by atoms with Crippen LogP contribution in [0.4, 0.5) is 0 Å². The van der Waals surface area contributed by atoms with Gasteiger partial charge in [-0.25, -0.2) is 4.68 Å². The molecule has 4 nitrogen and oxygen atoms in total. The first-order chi connectivity index (χ1) is 12.9. The van der Waals surface area contributed by atoms with Gasteiger partial charge >= 0.3 is 0 Å². The van der Waals surface area contributed by atoms with Crippen molar-refractivity contribution in [2.75, 3.05) is 0 Å². The molecule has 0 aliphatic heterocycles. The highest BCUT2D eigenvalue weighted by Gasteiger charge is 2.17. The van der Waals surface area contributed by atoms with Crippen LogP contribution in [-0.2, 0) is 11.3 Å². The number of carbonyl (C=O) groups is 1. The van der Waals surface area contributed by atoms with E-state index in [0.717, 1.165) is 21.2 Å². The average Bonchev–Trinajstić information content (AvgIpc) is 3.01. The van der Waals surface area contributed by atoms with Gasteiger partial charge in [0.1, 0.15) is 0 Å². The number of benzene rings is 2. The standard InChI is InChI=1S/C20H21N3OS3/c1-13-8-10-16(11-9-13)12-21-18(24)15(3)26-19-22-23(20(25)27-19)17-7-5-4-6-14(17)2/h4-11,15H,12H2,1-3H3,(H,21,24)/t15-/m1/s1. The highest BCUT2D eigenvalue weighted by molar-refractivity contribution is 8.02. The summed E-state index contributed by atoms with van der Waals surface area (Å²) in [5.74, 6) is -0.0101. The normalized spacial score (nSPS) is 12.0. The summed E-state index contributed by atoms with van der Waals surface area (Å²) in [6.45, 7) is 6.49. The minimum absolute atomic E-state index is 0.0101. The van der Waals surface area contributed by atoms with Crippen molar-refractivity contribution in [1.82, 2.24) is 15.1 Å². The smallest absolute Gasteiger partial charge is 0.233 e. The molecule has 1 atom stereocenters. The first kappa shape index (κ1) is 19.8. The quantitative estimate of drug-likeness (QED) is 0.451. The number of hydrogen-bond acceptors (Lipinski definition) is 5.